The molecule has 0 amide bonds. The van der Waals surface area contributed by atoms with Crippen LogP contribution in [0.25, 0.3) is 0 Å². The highest BCUT2D eigenvalue weighted by Gasteiger charge is 2.08. The molecule has 0 aromatic carbocycles. The van der Waals surface area contributed by atoms with E-state index in [1.165, 1.54) is 5.56 Å². The van der Waals surface area contributed by atoms with Gasteiger partial charge >= 0.3 is 0 Å². The van der Waals surface area contributed by atoms with Crippen molar-refractivity contribution in [3.63, 3.8) is 0 Å². The number of aryl methyl sites for hydroxylation is 2. The summed E-state index contributed by atoms with van der Waals surface area (Å²) in [7, 11) is 2.10. The molecule has 0 atom stereocenters. The number of likely N-dealkylation sites (N-methyl/N-ethyl adjacent to an activating group) is 1. The van der Waals surface area contributed by atoms with Crippen molar-refractivity contribution in [2.75, 3.05) is 26.8 Å². The molecule has 86 valence electrons. The minimum absolute atomic E-state index is 0.789. The normalized spacial score (nSPS) is 11.3. The molecule has 0 fully saturated rings. The van der Waals surface area contributed by atoms with Crippen molar-refractivity contribution < 1.29 is 4.74 Å². The van der Waals surface area contributed by atoms with Gasteiger partial charge in [-0.1, -0.05) is 0 Å². The summed E-state index contributed by atoms with van der Waals surface area (Å²) in [6.45, 7) is 9.59. The van der Waals surface area contributed by atoms with Crippen molar-refractivity contribution >= 4 is 0 Å². The van der Waals surface area contributed by atoms with E-state index in [0.29, 0.717) is 0 Å². The van der Waals surface area contributed by atoms with E-state index in [0.717, 1.165) is 37.7 Å². The molecule has 1 N–H and O–H groups in total. The monoisotopic (exact) mass is 211 g/mol. The van der Waals surface area contributed by atoms with E-state index >= 15 is 0 Å². The van der Waals surface area contributed by atoms with Crippen molar-refractivity contribution in [3.8, 4) is 0 Å². The van der Waals surface area contributed by atoms with Gasteiger partial charge in [-0.2, -0.15) is 5.10 Å². The Labute approximate surface area is 91.6 Å². The zero-order chi connectivity index (χ0) is 11.3. The van der Waals surface area contributed by atoms with Crippen molar-refractivity contribution in [1.82, 2.24) is 15.1 Å². The molecule has 1 aromatic rings. The number of hydrogen-bond donors (Lipinski definition) is 1. The van der Waals surface area contributed by atoms with E-state index in [1.807, 2.05) is 13.8 Å². The molecule has 0 unspecified atom stereocenters. The number of nitrogens with zero attached hydrogens (tertiary/aromatic N) is 2. The Bertz CT molecular complexity index is 277. The van der Waals surface area contributed by atoms with Crippen molar-refractivity contribution in [2.45, 2.75) is 27.3 Å². The van der Waals surface area contributed by atoms with Gasteiger partial charge in [-0.05, 0) is 27.8 Å². The molecule has 1 rings (SSSR count). The van der Waals surface area contributed by atoms with Crippen LogP contribution in [0.4, 0.5) is 0 Å². The Morgan fingerprint density at radius 3 is 2.67 bits per heavy atom. The number of aromatic nitrogens is 2. The maximum atomic E-state index is 5.32. The minimum Gasteiger partial charge on any atom is -0.380 e. The second kappa shape index (κ2) is 5.88. The standard InChI is InChI=1S/C11H21N3O/c1-5-15-7-6-14(4)8-11-9(2)12-13-10(11)3/h5-8H2,1-4H3,(H,12,13). The molecule has 0 aliphatic rings. The number of ether oxygens (including phenoxy) is 1. The molecule has 0 saturated heterocycles. The Morgan fingerprint density at radius 2 is 2.13 bits per heavy atom. The molecule has 4 nitrogen and oxygen atoms in total. The molecule has 0 radical (unpaired) electrons. The smallest absolute Gasteiger partial charge is 0.0639 e. The van der Waals surface area contributed by atoms with Crippen molar-refractivity contribution in [1.29, 1.82) is 0 Å². The minimum atomic E-state index is 0.789. The fraction of sp³-hybridized carbons (Fsp3) is 0.727. The van der Waals surface area contributed by atoms with Gasteiger partial charge < -0.3 is 4.74 Å². The summed E-state index contributed by atoms with van der Waals surface area (Å²) in [5.74, 6) is 0. The average Bonchev–Trinajstić information content (AvgIpc) is 2.50. The Hall–Kier alpha value is -0.870. The van der Waals surface area contributed by atoms with Gasteiger partial charge in [-0.15, -0.1) is 0 Å². The van der Waals surface area contributed by atoms with E-state index in [1.54, 1.807) is 0 Å². The first-order chi connectivity index (χ1) is 7.15. The van der Waals surface area contributed by atoms with Crippen molar-refractivity contribution in [3.05, 3.63) is 17.0 Å². The number of hydrogen-bond acceptors (Lipinski definition) is 3. The van der Waals surface area contributed by atoms with Gasteiger partial charge in [-0.3, -0.25) is 10.00 Å². The van der Waals surface area contributed by atoms with Crippen LogP contribution in [-0.2, 0) is 11.3 Å². The molecule has 0 aliphatic carbocycles. The lowest BCUT2D eigenvalue weighted by molar-refractivity contribution is 0.120. The predicted molar refractivity (Wildman–Crippen MR) is 60.9 cm³/mol. The molecule has 1 heterocycles. The molecule has 15 heavy (non-hydrogen) atoms. The number of rotatable bonds is 6. The molecular formula is C11H21N3O. The maximum Gasteiger partial charge on any atom is 0.0639 e. The van der Waals surface area contributed by atoms with Gasteiger partial charge in [0.25, 0.3) is 0 Å². The van der Waals surface area contributed by atoms with Gasteiger partial charge in [0.05, 0.1) is 12.3 Å². The maximum absolute atomic E-state index is 5.32. The summed E-state index contributed by atoms with van der Waals surface area (Å²) in [4.78, 5) is 2.25. The molecule has 0 spiro atoms. The van der Waals surface area contributed by atoms with E-state index in [-0.39, 0.29) is 0 Å². The third-order valence-electron chi connectivity index (χ3n) is 2.53. The first-order valence-corrected chi connectivity index (χ1v) is 5.41. The van der Waals surface area contributed by atoms with E-state index in [2.05, 4.69) is 29.1 Å². The summed E-state index contributed by atoms with van der Waals surface area (Å²) in [6.07, 6.45) is 0. The summed E-state index contributed by atoms with van der Waals surface area (Å²) >= 11 is 0. The van der Waals surface area contributed by atoms with Crippen LogP contribution in [-0.4, -0.2) is 41.9 Å². The molecule has 0 saturated carbocycles. The molecule has 4 heteroatoms. The number of aromatic amines is 1. The zero-order valence-corrected chi connectivity index (χ0v) is 10.1. The lowest BCUT2D eigenvalue weighted by Crippen LogP contribution is -2.23. The molecular weight excluding hydrogens is 190 g/mol. The number of H-pyrrole nitrogens is 1. The van der Waals surface area contributed by atoms with Crippen LogP contribution in [0.15, 0.2) is 0 Å². The lowest BCUT2D eigenvalue weighted by atomic mass is 10.2. The number of nitrogens with one attached hydrogen (secondary N) is 1. The molecule has 0 bridgehead atoms. The highest BCUT2D eigenvalue weighted by molar-refractivity contribution is 5.22. The van der Waals surface area contributed by atoms with Crippen LogP contribution in [0.2, 0.25) is 0 Å². The summed E-state index contributed by atoms with van der Waals surface area (Å²) in [5.41, 5.74) is 3.56. The van der Waals surface area contributed by atoms with Gasteiger partial charge in [0.1, 0.15) is 0 Å². The van der Waals surface area contributed by atoms with Gasteiger partial charge in [-0.25, -0.2) is 0 Å². The SMILES string of the molecule is CCOCCN(C)Cc1c(C)n[nH]c1C. The highest BCUT2D eigenvalue weighted by Crippen LogP contribution is 2.11. The first kappa shape index (κ1) is 12.2. The first-order valence-electron chi connectivity index (χ1n) is 5.41. The predicted octanol–water partition coefficient (Wildman–Crippen LogP) is 1.49. The lowest BCUT2D eigenvalue weighted by Gasteiger charge is -2.16. The third kappa shape index (κ3) is 3.64. The van der Waals surface area contributed by atoms with Crippen LogP contribution < -0.4 is 0 Å². The highest BCUT2D eigenvalue weighted by atomic mass is 16.5. The Kier molecular flexibility index (Phi) is 4.78. The average molecular weight is 211 g/mol. The second-order valence-corrected chi connectivity index (χ2v) is 3.85. The van der Waals surface area contributed by atoms with Gasteiger partial charge in [0.15, 0.2) is 0 Å². The summed E-state index contributed by atoms with van der Waals surface area (Å²) in [5, 5.41) is 7.18. The largest absolute Gasteiger partial charge is 0.380 e. The summed E-state index contributed by atoms with van der Waals surface area (Å²) in [6, 6.07) is 0. The Morgan fingerprint density at radius 1 is 1.40 bits per heavy atom. The Balaban J connectivity index is 2.40. The van der Waals surface area contributed by atoms with E-state index in [9.17, 15) is 0 Å². The topological polar surface area (TPSA) is 41.1 Å². The van der Waals surface area contributed by atoms with Gasteiger partial charge in [0.2, 0.25) is 0 Å². The molecule has 1 aromatic heterocycles. The fourth-order valence-corrected chi connectivity index (χ4v) is 1.52. The quantitative estimate of drug-likeness (QED) is 0.725. The van der Waals surface area contributed by atoms with Crippen LogP contribution >= 0.6 is 0 Å². The summed E-state index contributed by atoms with van der Waals surface area (Å²) < 4.78 is 5.32. The zero-order valence-electron chi connectivity index (χ0n) is 10.1. The fourth-order valence-electron chi connectivity index (χ4n) is 1.52. The van der Waals surface area contributed by atoms with Crippen molar-refractivity contribution in [2.24, 2.45) is 0 Å². The second-order valence-electron chi connectivity index (χ2n) is 3.85. The molecule has 0 aliphatic heterocycles. The van der Waals surface area contributed by atoms with Gasteiger partial charge in [0, 0.05) is 31.0 Å². The van der Waals surface area contributed by atoms with Crippen LogP contribution in [0.1, 0.15) is 23.9 Å². The van der Waals surface area contributed by atoms with E-state index < -0.39 is 0 Å². The third-order valence-corrected chi connectivity index (χ3v) is 2.53. The van der Waals surface area contributed by atoms with E-state index in [4.69, 9.17) is 4.74 Å². The van der Waals surface area contributed by atoms with Crippen LogP contribution in [0.5, 0.6) is 0 Å². The van der Waals surface area contributed by atoms with Crippen LogP contribution in [0.3, 0.4) is 0 Å². The van der Waals surface area contributed by atoms with Crippen LogP contribution in [0, 0.1) is 13.8 Å².